The average Bonchev–Trinajstić information content (AvgIpc) is 2.83. The van der Waals surface area contributed by atoms with Crippen molar-refractivity contribution < 1.29 is 24.5 Å². The molecule has 2 N–H and O–H groups in total. The zero-order valence-corrected chi connectivity index (χ0v) is 18.3. The summed E-state index contributed by atoms with van der Waals surface area (Å²) in [7, 11) is 0. The highest BCUT2D eigenvalue weighted by molar-refractivity contribution is 6.05. The van der Waals surface area contributed by atoms with E-state index in [1.807, 2.05) is 53.4 Å². The quantitative estimate of drug-likeness (QED) is 0.483. The van der Waals surface area contributed by atoms with E-state index in [1.54, 1.807) is 11.0 Å². The van der Waals surface area contributed by atoms with Gasteiger partial charge in [-0.25, -0.2) is 9.78 Å². The van der Waals surface area contributed by atoms with Crippen LogP contribution in [0.15, 0.2) is 54.6 Å². The maximum absolute atomic E-state index is 12.7. The molecule has 172 valence electrons. The molecule has 1 saturated heterocycles. The molecule has 0 atom stereocenters. The molecule has 8 heteroatoms. The highest BCUT2D eigenvalue weighted by Crippen LogP contribution is 2.31. The summed E-state index contributed by atoms with van der Waals surface area (Å²) in [4.78, 5) is 33.6. The van der Waals surface area contributed by atoms with Gasteiger partial charge in [0.05, 0.1) is 43.1 Å². The number of aliphatic hydroxyl groups is 1. The summed E-state index contributed by atoms with van der Waals surface area (Å²) >= 11 is 0. The van der Waals surface area contributed by atoms with Crippen molar-refractivity contribution in [2.75, 3.05) is 46.0 Å². The Bertz CT molecular complexity index is 1140. The molecular weight excluding hydrogens is 422 g/mol. The van der Waals surface area contributed by atoms with Gasteiger partial charge in [-0.2, -0.15) is 0 Å². The van der Waals surface area contributed by atoms with E-state index in [-0.39, 0.29) is 31.2 Å². The molecule has 0 bridgehead atoms. The van der Waals surface area contributed by atoms with E-state index < -0.39 is 5.97 Å². The van der Waals surface area contributed by atoms with Crippen molar-refractivity contribution in [2.24, 2.45) is 0 Å². The molecule has 0 radical (unpaired) electrons. The first-order valence-corrected chi connectivity index (χ1v) is 11.0. The Labute approximate surface area is 192 Å². The van der Waals surface area contributed by atoms with Crippen LogP contribution in [0.3, 0.4) is 0 Å². The molecule has 4 rings (SSSR count). The zero-order chi connectivity index (χ0) is 23.2. The lowest BCUT2D eigenvalue weighted by Crippen LogP contribution is -2.50. The van der Waals surface area contributed by atoms with Gasteiger partial charge in [0.25, 0.3) is 0 Å². The number of carboxylic acids is 1. The number of carbonyl (C=O) groups is 2. The van der Waals surface area contributed by atoms with Gasteiger partial charge in [-0.05, 0) is 6.07 Å². The predicted molar refractivity (Wildman–Crippen MR) is 124 cm³/mol. The molecule has 1 aliphatic rings. The first-order chi connectivity index (χ1) is 16.1. The molecule has 1 amide bonds. The van der Waals surface area contributed by atoms with Gasteiger partial charge in [0.2, 0.25) is 5.91 Å². The molecular formula is C25H27N3O5. The number of benzene rings is 2. The Hall–Kier alpha value is -3.33. The molecule has 0 spiro atoms. The van der Waals surface area contributed by atoms with Gasteiger partial charge in [0.1, 0.15) is 0 Å². The monoisotopic (exact) mass is 449 g/mol. The summed E-state index contributed by atoms with van der Waals surface area (Å²) in [5, 5.41) is 19.5. The van der Waals surface area contributed by atoms with Crippen molar-refractivity contribution in [3.05, 3.63) is 65.7 Å². The number of nitrogens with zero attached hydrogens (tertiary/aromatic N) is 3. The number of hydrogen-bond donors (Lipinski definition) is 2. The molecule has 0 aliphatic carbocycles. The van der Waals surface area contributed by atoms with E-state index >= 15 is 0 Å². The first-order valence-electron chi connectivity index (χ1n) is 11.0. The summed E-state index contributed by atoms with van der Waals surface area (Å²) in [6, 6.07) is 16.8. The molecule has 3 aromatic rings. The Morgan fingerprint density at radius 1 is 1.03 bits per heavy atom. The van der Waals surface area contributed by atoms with Crippen LogP contribution in [-0.2, 0) is 16.1 Å². The number of pyridine rings is 1. The molecule has 2 heterocycles. The number of carbonyl (C=O) groups excluding carboxylic acids is 1. The minimum Gasteiger partial charge on any atom is -0.478 e. The molecule has 1 aliphatic heterocycles. The minimum atomic E-state index is -1.01. The highest BCUT2D eigenvalue weighted by atomic mass is 16.5. The number of carboxylic acid groups (broad SMARTS) is 1. The van der Waals surface area contributed by atoms with Gasteiger partial charge in [0, 0.05) is 42.7 Å². The maximum atomic E-state index is 12.7. The van der Waals surface area contributed by atoms with Gasteiger partial charge < -0.3 is 19.8 Å². The molecule has 0 saturated carbocycles. The van der Waals surface area contributed by atoms with Gasteiger partial charge in [-0.15, -0.1) is 0 Å². The number of piperazine rings is 1. The third kappa shape index (κ3) is 5.19. The van der Waals surface area contributed by atoms with Crippen molar-refractivity contribution in [1.82, 2.24) is 14.8 Å². The fraction of sp³-hybridized carbons (Fsp3) is 0.320. The fourth-order valence-electron chi connectivity index (χ4n) is 4.18. The van der Waals surface area contributed by atoms with Crippen LogP contribution in [-0.4, -0.2) is 82.9 Å². The van der Waals surface area contributed by atoms with Crippen LogP contribution in [0, 0.1) is 0 Å². The number of aliphatic hydroxyl groups excluding tert-OH is 1. The van der Waals surface area contributed by atoms with Crippen LogP contribution in [0.5, 0.6) is 0 Å². The predicted octanol–water partition coefficient (Wildman–Crippen LogP) is 2.25. The summed E-state index contributed by atoms with van der Waals surface area (Å²) in [5.74, 6) is -1.03. The van der Waals surface area contributed by atoms with E-state index in [4.69, 9.17) is 14.8 Å². The Balaban J connectivity index is 1.64. The average molecular weight is 450 g/mol. The molecule has 1 fully saturated rings. The highest BCUT2D eigenvalue weighted by Gasteiger charge is 2.27. The summed E-state index contributed by atoms with van der Waals surface area (Å²) < 4.78 is 5.27. The Morgan fingerprint density at radius 2 is 1.79 bits per heavy atom. The van der Waals surface area contributed by atoms with Crippen molar-refractivity contribution in [3.63, 3.8) is 0 Å². The second-order valence-corrected chi connectivity index (χ2v) is 7.93. The van der Waals surface area contributed by atoms with E-state index in [0.29, 0.717) is 54.9 Å². The normalized spacial score (nSPS) is 14.7. The van der Waals surface area contributed by atoms with Crippen molar-refractivity contribution >= 4 is 22.8 Å². The minimum absolute atomic E-state index is 0.0271. The third-order valence-corrected chi connectivity index (χ3v) is 5.77. The van der Waals surface area contributed by atoms with Crippen molar-refractivity contribution in [2.45, 2.75) is 6.54 Å². The first kappa shape index (κ1) is 22.8. The van der Waals surface area contributed by atoms with Crippen LogP contribution in [0.4, 0.5) is 0 Å². The van der Waals surface area contributed by atoms with E-state index in [9.17, 15) is 14.7 Å². The zero-order valence-electron chi connectivity index (χ0n) is 18.3. The lowest BCUT2D eigenvalue weighted by molar-refractivity contribution is -0.137. The number of aromatic nitrogens is 1. The molecule has 0 unspecified atom stereocenters. The molecule has 33 heavy (non-hydrogen) atoms. The molecule has 8 nitrogen and oxygen atoms in total. The number of ether oxygens (including phenoxy) is 1. The maximum Gasteiger partial charge on any atom is 0.336 e. The number of aromatic carboxylic acids is 1. The van der Waals surface area contributed by atoms with E-state index in [1.165, 1.54) is 0 Å². The second kappa shape index (κ2) is 10.5. The lowest BCUT2D eigenvalue weighted by atomic mass is 9.96. The molecule has 1 aromatic heterocycles. The van der Waals surface area contributed by atoms with Crippen LogP contribution >= 0.6 is 0 Å². The third-order valence-electron chi connectivity index (χ3n) is 5.77. The SMILES string of the molecule is O=C(O)c1c(CN2CCN(CCOCCO)C(=O)C2)c(-c2ccccc2)nc2ccccc12. The number of rotatable bonds is 9. The summed E-state index contributed by atoms with van der Waals surface area (Å²) in [6.07, 6.45) is 0. The van der Waals surface area contributed by atoms with Crippen LogP contribution in [0.25, 0.3) is 22.2 Å². The summed E-state index contributed by atoms with van der Waals surface area (Å²) in [6.45, 7) is 2.71. The number of para-hydroxylation sites is 1. The summed E-state index contributed by atoms with van der Waals surface area (Å²) in [5.41, 5.74) is 2.93. The number of amides is 1. The topological polar surface area (TPSA) is 103 Å². The lowest BCUT2D eigenvalue weighted by Gasteiger charge is -2.34. The van der Waals surface area contributed by atoms with Crippen molar-refractivity contribution in [3.8, 4) is 11.3 Å². The van der Waals surface area contributed by atoms with Crippen LogP contribution in [0.2, 0.25) is 0 Å². The smallest absolute Gasteiger partial charge is 0.336 e. The van der Waals surface area contributed by atoms with Gasteiger partial charge in [0.15, 0.2) is 0 Å². The van der Waals surface area contributed by atoms with Crippen LogP contribution < -0.4 is 0 Å². The standard InChI is InChI=1S/C25H27N3O5/c29-13-15-33-14-12-28-11-10-27(17-22(28)30)16-20-23(25(31)32)19-8-4-5-9-21(19)26-24(20)18-6-2-1-3-7-18/h1-9,29H,10-17H2,(H,31,32). The molecule has 2 aromatic carbocycles. The Kier molecular flexibility index (Phi) is 7.29. The van der Waals surface area contributed by atoms with Crippen molar-refractivity contribution in [1.29, 1.82) is 0 Å². The van der Waals surface area contributed by atoms with Crippen LogP contribution in [0.1, 0.15) is 15.9 Å². The van der Waals surface area contributed by atoms with Gasteiger partial charge >= 0.3 is 5.97 Å². The largest absolute Gasteiger partial charge is 0.478 e. The fourth-order valence-corrected chi connectivity index (χ4v) is 4.18. The van der Waals surface area contributed by atoms with E-state index in [2.05, 4.69) is 0 Å². The Morgan fingerprint density at radius 3 is 2.52 bits per heavy atom. The van der Waals surface area contributed by atoms with Gasteiger partial charge in [-0.1, -0.05) is 48.5 Å². The number of fused-ring (bicyclic) bond motifs is 1. The number of hydrogen-bond acceptors (Lipinski definition) is 6. The van der Waals surface area contributed by atoms with Gasteiger partial charge in [-0.3, -0.25) is 9.69 Å². The second-order valence-electron chi connectivity index (χ2n) is 7.93. The van der Waals surface area contributed by atoms with E-state index in [0.717, 1.165) is 5.56 Å².